The number of nitrogens with zero attached hydrogens (tertiary/aromatic N) is 4. The van der Waals surface area contributed by atoms with Crippen LogP contribution in [-0.4, -0.2) is 20.4 Å². The van der Waals surface area contributed by atoms with Gasteiger partial charge in [0.25, 0.3) is 5.91 Å². The summed E-state index contributed by atoms with van der Waals surface area (Å²) in [5.74, 6) is 1.39. The van der Waals surface area contributed by atoms with Crippen molar-refractivity contribution in [3.63, 3.8) is 0 Å². The number of pyridine rings is 1. The van der Waals surface area contributed by atoms with Crippen molar-refractivity contribution in [2.75, 3.05) is 4.90 Å². The number of hydrogen-bond acceptors (Lipinski definition) is 3. The van der Waals surface area contributed by atoms with Gasteiger partial charge >= 0.3 is 0 Å². The van der Waals surface area contributed by atoms with E-state index >= 15 is 0 Å². The predicted molar refractivity (Wildman–Crippen MR) is 123 cm³/mol. The first kappa shape index (κ1) is 19.5. The van der Waals surface area contributed by atoms with E-state index in [2.05, 4.69) is 23.4 Å². The minimum absolute atomic E-state index is 0.0392. The SMILES string of the molecule is CC(C)n1ccnc1-c1cccc(N2Cc3ccc(-c4ccc(Cl)cc4)cc3C2=O)n1. The van der Waals surface area contributed by atoms with Crippen LogP contribution < -0.4 is 4.90 Å². The maximum absolute atomic E-state index is 13.3. The Hall–Kier alpha value is -3.44. The van der Waals surface area contributed by atoms with Crippen molar-refractivity contribution < 1.29 is 4.79 Å². The quantitative estimate of drug-likeness (QED) is 0.400. The van der Waals surface area contributed by atoms with Crippen molar-refractivity contribution in [3.05, 3.63) is 89.2 Å². The third kappa shape index (κ3) is 3.51. The summed E-state index contributed by atoms with van der Waals surface area (Å²) >= 11 is 6.01. The summed E-state index contributed by atoms with van der Waals surface area (Å²) < 4.78 is 2.07. The van der Waals surface area contributed by atoms with Crippen molar-refractivity contribution in [3.8, 4) is 22.6 Å². The van der Waals surface area contributed by atoms with Crippen LogP contribution in [0.15, 0.2) is 73.1 Å². The summed E-state index contributed by atoms with van der Waals surface area (Å²) in [7, 11) is 0. The first-order valence-corrected chi connectivity index (χ1v) is 10.6. The standard InChI is InChI=1S/C25H21ClN4O/c1-16(2)29-13-12-27-24(29)22-4-3-5-23(28-22)30-15-19-7-6-18(14-21(19)25(30)31)17-8-10-20(26)11-9-17/h3-14,16H,15H2,1-2H3. The van der Waals surface area contributed by atoms with E-state index in [0.29, 0.717) is 22.9 Å². The number of benzene rings is 2. The van der Waals surface area contributed by atoms with Gasteiger partial charge in [0, 0.05) is 29.0 Å². The van der Waals surface area contributed by atoms with Crippen molar-refractivity contribution in [1.29, 1.82) is 0 Å². The molecule has 154 valence electrons. The van der Waals surface area contributed by atoms with E-state index in [1.165, 1.54) is 0 Å². The first-order chi connectivity index (χ1) is 15.0. The van der Waals surface area contributed by atoms with Crippen LogP contribution in [-0.2, 0) is 6.54 Å². The van der Waals surface area contributed by atoms with Gasteiger partial charge in [-0.15, -0.1) is 0 Å². The van der Waals surface area contributed by atoms with Crippen molar-refractivity contribution in [1.82, 2.24) is 14.5 Å². The van der Waals surface area contributed by atoms with Crippen LogP contribution in [0.1, 0.15) is 35.8 Å². The molecule has 31 heavy (non-hydrogen) atoms. The molecule has 0 radical (unpaired) electrons. The molecule has 5 nitrogen and oxygen atoms in total. The van der Waals surface area contributed by atoms with Gasteiger partial charge in [-0.3, -0.25) is 9.69 Å². The average molecular weight is 429 g/mol. The van der Waals surface area contributed by atoms with Crippen LogP contribution in [0.25, 0.3) is 22.6 Å². The summed E-state index contributed by atoms with van der Waals surface area (Å²) in [6.45, 7) is 4.71. The summed E-state index contributed by atoms with van der Waals surface area (Å²) in [6, 6.07) is 19.6. The molecule has 1 aliphatic rings. The zero-order valence-corrected chi connectivity index (χ0v) is 18.0. The molecule has 1 amide bonds. The largest absolute Gasteiger partial charge is 0.327 e. The topological polar surface area (TPSA) is 51.0 Å². The van der Waals surface area contributed by atoms with Gasteiger partial charge in [0.15, 0.2) is 5.82 Å². The maximum Gasteiger partial charge on any atom is 0.260 e. The molecule has 0 atom stereocenters. The number of imidazole rings is 1. The molecule has 3 heterocycles. The average Bonchev–Trinajstić information content (AvgIpc) is 3.40. The highest BCUT2D eigenvalue weighted by atomic mass is 35.5. The zero-order chi connectivity index (χ0) is 21.5. The Morgan fingerprint density at radius 3 is 2.55 bits per heavy atom. The van der Waals surface area contributed by atoms with Gasteiger partial charge in [-0.1, -0.05) is 41.9 Å². The molecular formula is C25H21ClN4O. The smallest absolute Gasteiger partial charge is 0.260 e. The highest BCUT2D eigenvalue weighted by molar-refractivity contribution is 6.30. The van der Waals surface area contributed by atoms with Crippen molar-refractivity contribution >= 4 is 23.3 Å². The lowest BCUT2D eigenvalue weighted by Crippen LogP contribution is -2.24. The van der Waals surface area contributed by atoms with Gasteiger partial charge in [0.05, 0.1) is 6.54 Å². The lowest BCUT2D eigenvalue weighted by atomic mass is 10.0. The second kappa shape index (κ2) is 7.67. The Morgan fingerprint density at radius 1 is 1.00 bits per heavy atom. The number of hydrogen-bond donors (Lipinski definition) is 0. The van der Waals surface area contributed by atoms with Crippen LogP contribution >= 0.6 is 11.6 Å². The highest BCUT2D eigenvalue weighted by Crippen LogP contribution is 2.32. The van der Waals surface area contributed by atoms with Gasteiger partial charge in [-0.2, -0.15) is 0 Å². The number of rotatable bonds is 4. The Bertz CT molecular complexity index is 1280. The van der Waals surface area contributed by atoms with E-state index < -0.39 is 0 Å². The normalized spacial score (nSPS) is 13.2. The van der Waals surface area contributed by atoms with Crippen LogP contribution in [0.3, 0.4) is 0 Å². The number of anilines is 1. The van der Waals surface area contributed by atoms with Gasteiger partial charge < -0.3 is 4.57 Å². The fraction of sp³-hybridized carbons (Fsp3) is 0.160. The van der Waals surface area contributed by atoms with Crippen LogP contribution in [0.2, 0.25) is 5.02 Å². The Labute approximate surface area is 186 Å². The van der Waals surface area contributed by atoms with Crippen LogP contribution in [0.5, 0.6) is 0 Å². The van der Waals surface area contributed by atoms with E-state index in [9.17, 15) is 4.79 Å². The van der Waals surface area contributed by atoms with Crippen LogP contribution in [0.4, 0.5) is 5.82 Å². The molecular weight excluding hydrogens is 408 g/mol. The van der Waals surface area contributed by atoms with E-state index in [4.69, 9.17) is 16.6 Å². The highest BCUT2D eigenvalue weighted by Gasteiger charge is 2.30. The molecule has 0 bridgehead atoms. The van der Waals surface area contributed by atoms with E-state index in [0.717, 1.165) is 28.2 Å². The Balaban J connectivity index is 1.47. The Kier molecular flexibility index (Phi) is 4.83. The van der Waals surface area contributed by atoms with Gasteiger partial charge in [0.2, 0.25) is 0 Å². The third-order valence-electron chi connectivity index (χ3n) is 5.56. The monoisotopic (exact) mass is 428 g/mol. The van der Waals surface area contributed by atoms with Gasteiger partial charge in [-0.05, 0) is 60.9 Å². The second-order valence-electron chi connectivity index (χ2n) is 7.90. The lowest BCUT2D eigenvalue weighted by molar-refractivity contribution is 0.0996. The van der Waals surface area contributed by atoms with Gasteiger partial charge in [0.1, 0.15) is 11.5 Å². The molecule has 2 aromatic carbocycles. The number of carbonyl (C=O) groups excluding carboxylic acids is 1. The van der Waals surface area contributed by atoms with Crippen LogP contribution in [0, 0.1) is 0 Å². The van der Waals surface area contributed by atoms with E-state index in [-0.39, 0.29) is 11.9 Å². The molecule has 0 fully saturated rings. The number of aromatic nitrogens is 3. The molecule has 0 N–H and O–H groups in total. The molecule has 4 aromatic rings. The lowest BCUT2D eigenvalue weighted by Gasteiger charge is -2.16. The Morgan fingerprint density at radius 2 is 1.77 bits per heavy atom. The second-order valence-corrected chi connectivity index (χ2v) is 8.34. The number of carbonyl (C=O) groups is 1. The fourth-order valence-electron chi connectivity index (χ4n) is 3.93. The number of fused-ring (bicyclic) bond motifs is 1. The maximum atomic E-state index is 13.3. The summed E-state index contributed by atoms with van der Waals surface area (Å²) in [4.78, 5) is 24.2. The van der Waals surface area contributed by atoms with Crippen molar-refractivity contribution in [2.24, 2.45) is 0 Å². The minimum Gasteiger partial charge on any atom is -0.327 e. The molecule has 5 rings (SSSR count). The fourth-order valence-corrected chi connectivity index (χ4v) is 4.06. The molecule has 0 saturated heterocycles. The molecule has 6 heteroatoms. The molecule has 0 saturated carbocycles. The summed E-state index contributed by atoms with van der Waals surface area (Å²) in [5.41, 5.74) is 4.48. The minimum atomic E-state index is -0.0392. The predicted octanol–water partition coefficient (Wildman–Crippen LogP) is 6.01. The molecule has 0 unspecified atom stereocenters. The van der Waals surface area contributed by atoms with E-state index in [1.54, 1.807) is 11.1 Å². The summed E-state index contributed by atoms with van der Waals surface area (Å²) in [5, 5.41) is 0.691. The molecule has 0 aliphatic carbocycles. The number of amides is 1. The number of halogens is 1. The molecule has 1 aliphatic heterocycles. The molecule has 2 aromatic heterocycles. The third-order valence-corrected chi connectivity index (χ3v) is 5.81. The zero-order valence-electron chi connectivity index (χ0n) is 17.3. The van der Waals surface area contributed by atoms with E-state index in [1.807, 2.05) is 66.9 Å². The van der Waals surface area contributed by atoms with Gasteiger partial charge in [-0.25, -0.2) is 9.97 Å². The summed E-state index contributed by atoms with van der Waals surface area (Å²) in [6.07, 6.45) is 3.72. The van der Waals surface area contributed by atoms with Crippen molar-refractivity contribution in [2.45, 2.75) is 26.4 Å². The first-order valence-electron chi connectivity index (χ1n) is 10.2. The molecule has 0 spiro atoms.